The Labute approximate surface area is 195 Å². The first-order valence-corrected chi connectivity index (χ1v) is 11.9. The highest BCUT2D eigenvalue weighted by atomic mass is 16.2. The molecule has 2 saturated heterocycles. The van der Waals surface area contributed by atoms with Crippen molar-refractivity contribution >= 4 is 28.4 Å². The van der Waals surface area contributed by atoms with Crippen LogP contribution >= 0.6 is 0 Å². The lowest BCUT2D eigenvalue weighted by molar-refractivity contribution is -0.142. The second kappa shape index (κ2) is 8.67. The molecule has 1 aromatic heterocycles. The third-order valence-electron chi connectivity index (χ3n) is 7.43. The number of aromatic nitrogens is 1. The van der Waals surface area contributed by atoms with Crippen molar-refractivity contribution in [2.45, 2.75) is 50.7 Å². The first-order chi connectivity index (χ1) is 15.9. The second-order valence-electron chi connectivity index (χ2n) is 9.68. The normalized spacial score (nSPS) is 22.2. The maximum Gasteiger partial charge on any atom is 0.250 e. The lowest BCUT2D eigenvalue weighted by Crippen LogP contribution is -2.58. The zero-order chi connectivity index (χ0) is 23.0. The Kier molecular flexibility index (Phi) is 5.71. The van der Waals surface area contributed by atoms with Gasteiger partial charge < -0.3 is 14.8 Å². The Hall–Kier alpha value is -3.12. The van der Waals surface area contributed by atoms with Gasteiger partial charge in [0.25, 0.3) is 0 Å². The van der Waals surface area contributed by atoms with E-state index in [0.717, 1.165) is 49.1 Å². The molecule has 3 heterocycles. The number of nitrogens with one attached hydrogen (secondary N) is 1. The highest BCUT2D eigenvalue weighted by Crippen LogP contribution is 2.36. The number of nitrogens with zero attached hydrogens (tertiary/aromatic N) is 3. The number of anilines is 1. The van der Waals surface area contributed by atoms with E-state index in [1.165, 1.54) is 5.56 Å². The van der Waals surface area contributed by atoms with Crippen LogP contribution in [0.4, 0.5) is 5.69 Å². The lowest BCUT2D eigenvalue weighted by atomic mass is 9.93. The van der Waals surface area contributed by atoms with Crippen LogP contribution < -0.4 is 5.32 Å². The summed E-state index contributed by atoms with van der Waals surface area (Å²) in [4.78, 5) is 30.7. The molecule has 1 atom stereocenters. The first-order valence-electron chi connectivity index (χ1n) is 11.9. The van der Waals surface area contributed by atoms with E-state index in [4.69, 9.17) is 0 Å². The molecule has 0 radical (unpaired) electrons. The smallest absolute Gasteiger partial charge is 0.250 e. The van der Waals surface area contributed by atoms with Gasteiger partial charge in [-0.25, -0.2) is 0 Å². The van der Waals surface area contributed by atoms with Crippen molar-refractivity contribution in [3.8, 4) is 0 Å². The summed E-state index contributed by atoms with van der Waals surface area (Å²) in [5, 5.41) is 4.19. The van der Waals surface area contributed by atoms with Crippen LogP contribution in [0.3, 0.4) is 0 Å². The van der Waals surface area contributed by atoms with Gasteiger partial charge in [0.05, 0.1) is 0 Å². The summed E-state index contributed by atoms with van der Waals surface area (Å²) in [6.45, 7) is 4.74. The molecule has 2 aromatic carbocycles. The van der Waals surface area contributed by atoms with Crippen molar-refractivity contribution in [2.75, 3.05) is 18.4 Å². The van der Waals surface area contributed by atoms with Crippen LogP contribution in [0, 0.1) is 0 Å². The number of hydrogen-bond acceptors (Lipinski definition) is 3. The van der Waals surface area contributed by atoms with Crippen LogP contribution in [0.1, 0.15) is 38.2 Å². The molecule has 0 saturated carbocycles. The van der Waals surface area contributed by atoms with Crippen molar-refractivity contribution in [2.24, 2.45) is 7.05 Å². The average Bonchev–Trinajstić information content (AvgIpc) is 3.34. The number of hydrogen-bond donors (Lipinski definition) is 1. The Bertz CT molecular complexity index is 1160. The number of rotatable bonds is 5. The van der Waals surface area contributed by atoms with E-state index in [1.807, 2.05) is 55.4 Å². The monoisotopic (exact) mass is 444 g/mol. The zero-order valence-electron chi connectivity index (χ0n) is 19.5. The van der Waals surface area contributed by atoms with Crippen LogP contribution in [0.2, 0.25) is 0 Å². The van der Waals surface area contributed by atoms with Crippen LogP contribution in [-0.2, 0) is 23.2 Å². The van der Waals surface area contributed by atoms with Crippen LogP contribution in [0.15, 0.2) is 60.8 Å². The van der Waals surface area contributed by atoms with Crippen LogP contribution in [0.5, 0.6) is 0 Å². The van der Waals surface area contributed by atoms with E-state index in [-0.39, 0.29) is 17.9 Å². The van der Waals surface area contributed by atoms with Gasteiger partial charge in [0.15, 0.2) is 0 Å². The molecule has 6 nitrogen and oxygen atoms in total. The largest absolute Gasteiger partial charge is 0.351 e. The molecule has 2 amide bonds. The quantitative estimate of drug-likeness (QED) is 0.643. The molecule has 6 heteroatoms. The molecule has 0 spiro atoms. The molecule has 1 unspecified atom stereocenters. The van der Waals surface area contributed by atoms with Crippen LogP contribution in [-0.4, -0.2) is 50.9 Å². The number of likely N-dealkylation sites (tertiary alicyclic amines) is 2. The summed E-state index contributed by atoms with van der Waals surface area (Å²) in [6, 6.07) is 18.6. The van der Waals surface area contributed by atoms with E-state index in [9.17, 15) is 9.59 Å². The van der Waals surface area contributed by atoms with Gasteiger partial charge in [-0.05, 0) is 56.0 Å². The SMILES string of the molecule is Cn1ccc2cc(NC(=O)C3(C)CCC(=O)N3C3CCN(Cc4ccccc4)CC3)ccc21. The Morgan fingerprint density at radius 1 is 1.09 bits per heavy atom. The summed E-state index contributed by atoms with van der Waals surface area (Å²) < 4.78 is 2.06. The third kappa shape index (κ3) is 4.15. The van der Waals surface area contributed by atoms with E-state index in [0.29, 0.717) is 12.8 Å². The highest BCUT2D eigenvalue weighted by Gasteiger charge is 2.50. The van der Waals surface area contributed by atoms with Crippen molar-refractivity contribution < 1.29 is 9.59 Å². The number of piperidine rings is 1. The molecule has 0 aliphatic carbocycles. The molecule has 5 rings (SSSR count). The summed E-state index contributed by atoms with van der Waals surface area (Å²) >= 11 is 0. The topological polar surface area (TPSA) is 57.6 Å². The molecule has 0 bridgehead atoms. The molecule has 2 aliphatic rings. The molecule has 33 heavy (non-hydrogen) atoms. The maximum atomic E-state index is 13.5. The van der Waals surface area contributed by atoms with Gasteiger partial charge >= 0.3 is 0 Å². The lowest BCUT2D eigenvalue weighted by Gasteiger charge is -2.43. The van der Waals surface area contributed by atoms with Crippen molar-refractivity contribution in [3.05, 3.63) is 66.4 Å². The third-order valence-corrected chi connectivity index (χ3v) is 7.43. The predicted molar refractivity (Wildman–Crippen MR) is 131 cm³/mol. The van der Waals surface area contributed by atoms with Gasteiger partial charge in [-0.15, -0.1) is 0 Å². The second-order valence-corrected chi connectivity index (χ2v) is 9.68. The molecule has 172 valence electrons. The molecule has 2 aliphatic heterocycles. The van der Waals surface area contributed by atoms with Gasteiger partial charge in [0.1, 0.15) is 5.54 Å². The number of aryl methyl sites for hydroxylation is 1. The molecular formula is C27H32N4O2. The Balaban J connectivity index is 1.27. The van der Waals surface area contributed by atoms with Gasteiger partial charge in [0, 0.05) is 61.9 Å². The van der Waals surface area contributed by atoms with Gasteiger partial charge in [-0.3, -0.25) is 14.5 Å². The average molecular weight is 445 g/mol. The van der Waals surface area contributed by atoms with Crippen molar-refractivity contribution in [3.63, 3.8) is 0 Å². The van der Waals surface area contributed by atoms with E-state index in [1.54, 1.807) is 0 Å². The number of carbonyl (C=O) groups is 2. The standard InChI is InChI=1S/C27H32N4O2/c1-27(26(33)28-22-8-9-24-21(18-22)11-15-29(24)2)14-10-25(32)31(27)23-12-16-30(17-13-23)19-20-6-4-3-5-7-20/h3-9,11,15,18,23H,10,12-14,16-17,19H2,1-2H3,(H,28,33). The fourth-order valence-electron chi connectivity index (χ4n) is 5.50. The fourth-order valence-corrected chi connectivity index (χ4v) is 5.50. The molecule has 1 N–H and O–H groups in total. The predicted octanol–water partition coefficient (Wildman–Crippen LogP) is 4.16. The number of benzene rings is 2. The van der Waals surface area contributed by atoms with Crippen molar-refractivity contribution in [1.82, 2.24) is 14.4 Å². The Morgan fingerprint density at radius 2 is 1.85 bits per heavy atom. The van der Waals surface area contributed by atoms with E-state index >= 15 is 0 Å². The van der Waals surface area contributed by atoms with Gasteiger partial charge in [-0.1, -0.05) is 30.3 Å². The minimum atomic E-state index is -0.811. The summed E-state index contributed by atoms with van der Waals surface area (Å²) in [5.41, 5.74) is 2.40. The fraction of sp³-hybridized carbons (Fsp3) is 0.407. The first kappa shape index (κ1) is 21.7. The minimum absolute atomic E-state index is 0.0876. The summed E-state index contributed by atoms with van der Waals surface area (Å²) in [7, 11) is 2.01. The molecule has 3 aromatic rings. The van der Waals surface area contributed by atoms with Gasteiger partial charge in [0.2, 0.25) is 11.8 Å². The number of fused-ring (bicyclic) bond motifs is 1. The molecular weight excluding hydrogens is 412 g/mol. The molecule has 2 fully saturated rings. The minimum Gasteiger partial charge on any atom is -0.351 e. The van der Waals surface area contributed by atoms with Crippen LogP contribution in [0.25, 0.3) is 10.9 Å². The maximum absolute atomic E-state index is 13.5. The summed E-state index contributed by atoms with van der Waals surface area (Å²) in [5.74, 6) is 0.0167. The highest BCUT2D eigenvalue weighted by molar-refractivity contribution is 6.03. The van der Waals surface area contributed by atoms with Gasteiger partial charge in [-0.2, -0.15) is 0 Å². The zero-order valence-corrected chi connectivity index (χ0v) is 19.5. The van der Waals surface area contributed by atoms with E-state index in [2.05, 4.69) is 39.0 Å². The van der Waals surface area contributed by atoms with E-state index < -0.39 is 5.54 Å². The number of amides is 2. The number of carbonyl (C=O) groups excluding carboxylic acids is 2. The van der Waals surface area contributed by atoms with Crippen molar-refractivity contribution in [1.29, 1.82) is 0 Å². The summed E-state index contributed by atoms with van der Waals surface area (Å²) in [6.07, 6.45) is 4.81. The Morgan fingerprint density at radius 3 is 2.61 bits per heavy atom.